The van der Waals surface area contributed by atoms with Crippen LogP contribution in [0, 0.1) is 0 Å². The number of carbonyl (C=O) groups is 3. The third-order valence-corrected chi connectivity index (χ3v) is 4.78. The summed E-state index contributed by atoms with van der Waals surface area (Å²) in [7, 11) is 3.05. The van der Waals surface area contributed by atoms with Crippen LogP contribution in [-0.4, -0.2) is 63.1 Å². The molecule has 2 aromatic rings. The number of alkyl halides is 1. The quantitative estimate of drug-likeness (QED) is 0.515. The summed E-state index contributed by atoms with van der Waals surface area (Å²) in [5.74, 6) is -0.623. The first-order valence-electron chi connectivity index (χ1n) is 9.62. The highest BCUT2D eigenvalue weighted by Gasteiger charge is 2.25. The Morgan fingerprint density at radius 2 is 1.68 bits per heavy atom. The normalized spacial score (nSPS) is 11.3. The van der Waals surface area contributed by atoms with Crippen LogP contribution in [0.1, 0.15) is 10.9 Å². The number of benzene rings is 2. The lowest BCUT2D eigenvalue weighted by molar-refractivity contribution is -0.136. The van der Waals surface area contributed by atoms with Crippen LogP contribution in [0.3, 0.4) is 0 Å². The fourth-order valence-corrected chi connectivity index (χ4v) is 2.96. The molecule has 0 aliphatic carbocycles. The lowest BCUT2D eigenvalue weighted by atomic mass is 10.1. The van der Waals surface area contributed by atoms with Gasteiger partial charge in [0, 0.05) is 19.3 Å². The molecule has 8 nitrogen and oxygen atoms in total. The van der Waals surface area contributed by atoms with Gasteiger partial charge in [-0.1, -0.05) is 30.3 Å². The SMILES string of the molecule is COCCN(CC(=O)NCC(=O)Nc1ccc(OC)cc1)C(=O)C(Cl)c1ccccc1. The number of nitrogens with one attached hydrogen (secondary N) is 2. The largest absolute Gasteiger partial charge is 0.497 e. The molecule has 0 bridgehead atoms. The summed E-state index contributed by atoms with van der Waals surface area (Å²) in [5, 5.41) is 4.25. The molecule has 0 aliphatic heterocycles. The topological polar surface area (TPSA) is 97.0 Å². The van der Waals surface area contributed by atoms with Crippen molar-refractivity contribution < 1.29 is 23.9 Å². The summed E-state index contributed by atoms with van der Waals surface area (Å²) in [6, 6.07) is 15.7. The third kappa shape index (κ3) is 7.92. The molecule has 0 fully saturated rings. The van der Waals surface area contributed by atoms with E-state index in [1.807, 2.05) is 6.07 Å². The standard InChI is InChI=1S/C22H26ClN3O5/c1-30-13-12-26(22(29)21(23)16-6-4-3-5-7-16)15-20(28)24-14-19(27)25-17-8-10-18(31-2)11-9-17/h3-11,21H,12-15H2,1-2H3,(H,24,28)(H,25,27). The van der Waals surface area contributed by atoms with Gasteiger partial charge in [-0.2, -0.15) is 0 Å². The first-order valence-corrected chi connectivity index (χ1v) is 10.1. The molecule has 0 saturated carbocycles. The molecule has 0 aliphatic rings. The molecule has 0 radical (unpaired) electrons. The third-order valence-electron chi connectivity index (χ3n) is 4.34. The second kappa shape index (κ2) is 12.6. The number of rotatable bonds is 11. The molecular formula is C22H26ClN3O5. The van der Waals surface area contributed by atoms with Crippen LogP contribution in [0.5, 0.6) is 5.75 Å². The summed E-state index contributed by atoms with van der Waals surface area (Å²) in [5.41, 5.74) is 1.21. The van der Waals surface area contributed by atoms with Crippen LogP contribution in [0.25, 0.3) is 0 Å². The highest BCUT2D eigenvalue weighted by molar-refractivity contribution is 6.30. The second-order valence-corrected chi connectivity index (χ2v) is 7.02. The van der Waals surface area contributed by atoms with Crippen molar-refractivity contribution in [1.82, 2.24) is 10.2 Å². The minimum absolute atomic E-state index is 0.191. The lowest BCUT2D eigenvalue weighted by Crippen LogP contribution is -2.45. The number of hydrogen-bond donors (Lipinski definition) is 2. The number of amides is 3. The summed E-state index contributed by atoms with van der Waals surface area (Å²) < 4.78 is 10.1. The molecule has 0 aromatic heterocycles. The molecule has 9 heteroatoms. The highest BCUT2D eigenvalue weighted by atomic mass is 35.5. The molecule has 2 rings (SSSR count). The van der Waals surface area contributed by atoms with E-state index in [9.17, 15) is 14.4 Å². The van der Waals surface area contributed by atoms with Crippen molar-refractivity contribution in [3.8, 4) is 5.75 Å². The van der Waals surface area contributed by atoms with Crippen LogP contribution in [-0.2, 0) is 19.1 Å². The number of hydrogen-bond acceptors (Lipinski definition) is 5. The van der Waals surface area contributed by atoms with Gasteiger partial charge >= 0.3 is 0 Å². The Hall–Kier alpha value is -3.10. The molecule has 0 saturated heterocycles. The molecule has 2 aromatic carbocycles. The van der Waals surface area contributed by atoms with Crippen molar-refractivity contribution in [3.63, 3.8) is 0 Å². The van der Waals surface area contributed by atoms with E-state index >= 15 is 0 Å². The first kappa shape index (κ1) is 24.2. The number of halogens is 1. The number of carbonyl (C=O) groups excluding carboxylic acids is 3. The van der Waals surface area contributed by atoms with Crippen molar-refractivity contribution in [3.05, 3.63) is 60.2 Å². The zero-order valence-corrected chi connectivity index (χ0v) is 18.2. The minimum Gasteiger partial charge on any atom is -0.497 e. The number of nitrogens with zero attached hydrogens (tertiary/aromatic N) is 1. The number of methoxy groups -OCH3 is 2. The van der Waals surface area contributed by atoms with E-state index in [1.54, 1.807) is 55.6 Å². The van der Waals surface area contributed by atoms with Gasteiger partial charge in [0.25, 0.3) is 0 Å². The van der Waals surface area contributed by atoms with Gasteiger partial charge in [0.15, 0.2) is 0 Å². The number of anilines is 1. The van der Waals surface area contributed by atoms with Crippen molar-refractivity contribution in [2.75, 3.05) is 45.8 Å². The van der Waals surface area contributed by atoms with Gasteiger partial charge in [0.05, 0.1) is 26.8 Å². The summed E-state index contributed by atoms with van der Waals surface area (Å²) >= 11 is 6.32. The zero-order chi connectivity index (χ0) is 22.6. The highest BCUT2D eigenvalue weighted by Crippen LogP contribution is 2.22. The van der Waals surface area contributed by atoms with Crippen LogP contribution >= 0.6 is 11.6 Å². The van der Waals surface area contributed by atoms with Gasteiger partial charge in [-0.15, -0.1) is 11.6 Å². The Kier molecular flexibility index (Phi) is 9.80. The maximum atomic E-state index is 12.8. The number of ether oxygens (including phenoxy) is 2. The molecular weight excluding hydrogens is 422 g/mol. The summed E-state index contributed by atoms with van der Waals surface area (Å²) in [6.45, 7) is -0.0412. The molecule has 166 valence electrons. The van der Waals surface area contributed by atoms with Gasteiger partial charge in [0.2, 0.25) is 17.7 Å². The smallest absolute Gasteiger partial charge is 0.245 e. The van der Waals surface area contributed by atoms with E-state index in [1.165, 1.54) is 12.0 Å². The minimum atomic E-state index is -0.927. The molecule has 2 N–H and O–H groups in total. The van der Waals surface area contributed by atoms with Gasteiger partial charge < -0.3 is 25.0 Å². The zero-order valence-electron chi connectivity index (χ0n) is 17.5. The van der Waals surface area contributed by atoms with Gasteiger partial charge in [-0.05, 0) is 29.8 Å². The molecule has 3 amide bonds. The molecule has 0 heterocycles. The van der Waals surface area contributed by atoms with Crippen molar-refractivity contribution in [1.29, 1.82) is 0 Å². The van der Waals surface area contributed by atoms with Crippen molar-refractivity contribution >= 4 is 35.0 Å². The van der Waals surface area contributed by atoms with Crippen LogP contribution in [0.4, 0.5) is 5.69 Å². The van der Waals surface area contributed by atoms with Crippen LogP contribution in [0.2, 0.25) is 0 Å². The van der Waals surface area contributed by atoms with Gasteiger partial charge in [0.1, 0.15) is 11.1 Å². The van der Waals surface area contributed by atoms with E-state index in [0.717, 1.165) is 0 Å². The Balaban J connectivity index is 1.89. The predicted molar refractivity (Wildman–Crippen MR) is 118 cm³/mol. The maximum absolute atomic E-state index is 12.8. The van der Waals surface area contributed by atoms with E-state index in [0.29, 0.717) is 17.0 Å². The first-order chi connectivity index (χ1) is 14.9. The van der Waals surface area contributed by atoms with Crippen LogP contribution < -0.4 is 15.4 Å². The van der Waals surface area contributed by atoms with Gasteiger partial charge in [-0.25, -0.2) is 0 Å². The maximum Gasteiger partial charge on any atom is 0.245 e. The fourth-order valence-electron chi connectivity index (χ4n) is 2.68. The Bertz CT molecular complexity index is 861. The predicted octanol–water partition coefficient (Wildman–Crippen LogP) is 2.21. The van der Waals surface area contributed by atoms with Crippen molar-refractivity contribution in [2.45, 2.75) is 5.38 Å². The molecule has 1 atom stereocenters. The lowest BCUT2D eigenvalue weighted by Gasteiger charge is -2.24. The summed E-state index contributed by atoms with van der Waals surface area (Å²) in [4.78, 5) is 38.5. The Morgan fingerprint density at radius 3 is 2.29 bits per heavy atom. The molecule has 31 heavy (non-hydrogen) atoms. The van der Waals surface area contributed by atoms with Crippen molar-refractivity contribution in [2.24, 2.45) is 0 Å². The molecule has 1 unspecified atom stereocenters. The summed E-state index contributed by atoms with van der Waals surface area (Å²) in [6.07, 6.45) is 0. The van der Waals surface area contributed by atoms with E-state index in [2.05, 4.69) is 10.6 Å². The fraction of sp³-hybridized carbons (Fsp3) is 0.318. The Labute approximate surface area is 186 Å². The van der Waals surface area contributed by atoms with Crippen LogP contribution in [0.15, 0.2) is 54.6 Å². The van der Waals surface area contributed by atoms with E-state index in [4.69, 9.17) is 21.1 Å². The van der Waals surface area contributed by atoms with E-state index in [-0.39, 0.29) is 26.2 Å². The second-order valence-electron chi connectivity index (χ2n) is 6.58. The average Bonchev–Trinajstić information content (AvgIpc) is 2.80. The Morgan fingerprint density at radius 1 is 1.00 bits per heavy atom. The van der Waals surface area contributed by atoms with Gasteiger partial charge in [-0.3, -0.25) is 14.4 Å². The monoisotopic (exact) mass is 447 g/mol. The van der Waals surface area contributed by atoms with E-state index < -0.39 is 23.1 Å². The molecule has 0 spiro atoms. The average molecular weight is 448 g/mol.